The van der Waals surface area contributed by atoms with Crippen molar-refractivity contribution < 1.29 is 14.4 Å². The van der Waals surface area contributed by atoms with Crippen LogP contribution in [0.1, 0.15) is 99.4 Å². The number of anilines is 4. The molecule has 250 valence electrons. The first-order valence-electron chi connectivity index (χ1n) is 17.3. The highest BCUT2D eigenvalue weighted by Crippen LogP contribution is 2.30. The summed E-state index contributed by atoms with van der Waals surface area (Å²) in [6, 6.07) is 5.98. The summed E-state index contributed by atoms with van der Waals surface area (Å²) in [5, 5.41) is 25.1. The molecular weight excluding hydrogens is 610 g/mol. The summed E-state index contributed by atoms with van der Waals surface area (Å²) in [6.07, 6.45) is 20.4. The maximum Gasteiger partial charge on any atom is 0.254 e. The lowest BCUT2D eigenvalue weighted by Crippen LogP contribution is -2.19. The van der Waals surface area contributed by atoms with Gasteiger partial charge >= 0.3 is 0 Å². The van der Waals surface area contributed by atoms with Crippen molar-refractivity contribution in [3.63, 3.8) is 0 Å². The summed E-state index contributed by atoms with van der Waals surface area (Å²) in [7, 11) is 0. The monoisotopic (exact) mass is 651 g/mol. The SMILES string of the molecule is O=C1C/C(=C\c2cnn3c(NC4CC4)cc(NC4CCCC4)nc23)C(=O)N1.O=Cc1cnn2c(NC3CC3)cc(NC3CCCC3)nc12. The molecule has 0 aromatic carbocycles. The Morgan fingerprint density at radius 2 is 1.15 bits per heavy atom. The molecule has 0 atom stereocenters. The van der Waals surface area contributed by atoms with Crippen molar-refractivity contribution in [3.05, 3.63) is 41.2 Å². The molecule has 4 aromatic heterocycles. The lowest BCUT2D eigenvalue weighted by Gasteiger charge is -2.15. The van der Waals surface area contributed by atoms with Crippen LogP contribution in [-0.2, 0) is 9.59 Å². The Morgan fingerprint density at radius 3 is 1.60 bits per heavy atom. The summed E-state index contributed by atoms with van der Waals surface area (Å²) in [5.74, 6) is 2.87. The number of amides is 2. The second kappa shape index (κ2) is 12.9. The fourth-order valence-electron chi connectivity index (χ4n) is 6.74. The van der Waals surface area contributed by atoms with Crippen LogP contribution in [0.15, 0.2) is 30.1 Å². The number of carbonyl (C=O) groups excluding carboxylic acids is 3. The van der Waals surface area contributed by atoms with E-state index in [1.807, 2.05) is 12.1 Å². The van der Waals surface area contributed by atoms with Crippen molar-refractivity contribution in [1.82, 2.24) is 34.5 Å². The van der Waals surface area contributed by atoms with E-state index in [0.717, 1.165) is 60.8 Å². The number of nitrogens with zero attached hydrogens (tertiary/aromatic N) is 6. The van der Waals surface area contributed by atoms with E-state index in [9.17, 15) is 14.4 Å². The molecular formula is C34H41N11O3. The Kier molecular flexibility index (Phi) is 8.14. The average molecular weight is 652 g/mol. The van der Waals surface area contributed by atoms with Crippen LogP contribution in [0.5, 0.6) is 0 Å². The van der Waals surface area contributed by atoms with Gasteiger partial charge in [-0.15, -0.1) is 0 Å². The van der Waals surface area contributed by atoms with Crippen LogP contribution in [0.2, 0.25) is 0 Å². The number of aromatic nitrogens is 6. The predicted molar refractivity (Wildman–Crippen MR) is 182 cm³/mol. The van der Waals surface area contributed by atoms with Gasteiger partial charge < -0.3 is 21.3 Å². The Balaban J connectivity index is 0.000000145. The van der Waals surface area contributed by atoms with E-state index in [2.05, 4.69) is 41.8 Å². The summed E-state index contributed by atoms with van der Waals surface area (Å²) in [6.45, 7) is 0. The van der Waals surface area contributed by atoms with Crippen LogP contribution in [0.4, 0.5) is 23.3 Å². The van der Waals surface area contributed by atoms with Crippen molar-refractivity contribution in [1.29, 1.82) is 0 Å². The highest BCUT2D eigenvalue weighted by Gasteiger charge is 2.27. The van der Waals surface area contributed by atoms with Crippen molar-refractivity contribution >= 4 is 58.7 Å². The van der Waals surface area contributed by atoms with Crippen molar-refractivity contribution in [2.75, 3.05) is 21.3 Å². The number of nitrogens with one attached hydrogen (secondary N) is 5. The van der Waals surface area contributed by atoms with Gasteiger partial charge in [0.05, 0.1) is 24.4 Å². The third-order valence-corrected chi connectivity index (χ3v) is 9.62. The number of hydrogen-bond acceptors (Lipinski definition) is 11. The van der Waals surface area contributed by atoms with Gasteiger partial charge in [0.2, 0.25) is 5.91 Å². The highest BCUT2D eigenvalue weighted by molar-refractivity contribution is 6.15. The standard InChI is InChI=1S/C19H22N6O2.C15H19N5O/c26-17-8-11(19(27)24-17)7-12-10-20-25-16(22-14-5-6-14)9-15(23-18(12)25)21-13-3-1-2-4-13;21-9-10-8-16-20-14(18-12-5-6-12)7-13(19-15(10)20)17-11-3-1-2-4-11/h7,9-10,13-14,22H,1-6,8H2,(H,21,23)(H,24,26,27);7-9,11-12,18H,1-6H2,(H,17,19)/b11-7+;. The van der Waals surface area contributed by atoms with Crippen LogP contribution in [0, 0.1) is 0 Å². The Labute approximate surface area is 277 Å². The van der Waals surface area contributed by atoms with Crippen molar-refractivity contribution in [2.45, 2.75) is 108 Å². The molecule has 5 fully saturated rings. The Hall–Kier alpha value is -5.01. The molecule has 5 N–H and O–H groups in total. The van der Waals surface area contributed by atoms with Gasteiger partial charge in [0, 0.05) is 47.4 Å². The van der Waals surface area contributed by atoms with Gasteiger partial charge in [-0.1, -0.05) is 25.7 Å². The van der Waals surface area contributed by atoms with E-state index in [1.54, 1.807) is 27.5 Å². The fourth-order valence-corrected chi connectivity index (χ4v) is 6.74. The van der Waals surface area contributed by atoms with E-state index in [4.69, 9.17) is 4.98 Å². The Bertz CT molecular complexity index is 1890. The maximum atomic E-state index is 11.9. The van der Waals surface area contributed by atoms with Gasteiger partial charge in [0.1, 0.15) is 23.3 Å². The van der Waals surface area contributed by atoms with Gasteiger partial charge in [-0.25, -0.2) is 9.97 Å². The molecule has 0 unspecified atom stereocenters. The molecule has 14 nitrogen and oxygen atoms in total. The molecule has 4 aliphatic carbocycles. The normalized spacial score (nSPS) is 20.7. The molecule has 0 spiro atoms. The molecule has 1 saturated heterocycles. The largest absolute Gasteiger partial charge is 0.367 e. The minimum atomic E-state index is -0.337. The van der Waals surface area contributed by atoms with Gasteiger partial charge in [0.15, 0.2) is 17.6 Å². The molecule has 14 heteroatoms. The van der Waals surface area contributed by atoms with E-state index >= 15 is 0 Å². The predicted octanol–water partition coefficient (Wildman–Crippen LogP) is 4.56. The lowest BCUT2D eigenvalue weighted by molar-refractivity contribution is -0.124. The van der Waals surface area contributed by atoms with Crippen LogP contribution in [0.3, 0.4) is 0 Å². The molecule has 5 heterocycles. The quantitative estimate of drug-likeness (QED) is 0.0925. The number of hydrogen-bond donors (Lipinski definition) is 5. The summed E-state index contributed by atoms with van der Waals surface area (Å²) in [4.78, 5) is 43.8. The molecule has 5 aliphatic rings. The number of imide groups is 1. The van der Waals surface area contributed by atoms with Crippen LogP contribution >= 0.6 is 0 Å². The Morgan fingerprint density at radius 1 is 0.667 bits per heavy atom. The smallest absolute Gasteiger partial charge is 0.254 e. The van der Waals surface area contributed by atoms with Crippen molar-refractivity contribution in [2.24, 2.45) is 0 Å². The first kappa shape index (κ1) is 30.3. The number of aldehydes is 1. The van der Waals surface area contributed by atoms with Crippen molar-refractivity contribution in [3.8, 4) is 0 Å². The molecule has 0 bridgehead atoms. The summed E-state index contributed by atoms with van der Waals surface area (Å²) < 4.78 is 3.50. The molecule has 4 saturated carbocycles. The molecule has 0 radical (unpaired) electrons. The van der Waals surface area contributed by atoms with Gasteiger partial charge in [-0.05, 0) is 57.4 Å². The minimum Gasteiger partial charge on any atom is -0.367 e. The summed E-state index contributed by atoms with van der Waals surface area (Å²) in [5.41, 5.74) is 3.02. The van der Waals surface area contributed by atoms with Crippen LogP contribution < -0.4 is 26.6 Å². The molecule has 9 rings (SSSR count). The van der Waals surface area contributed by atoms with E-state index in [0.29, 0.717) is 46.6 Å². The first-order valence-corrected chi connectivity index (χ1v) is 17.3. The van der Waals surface area contributed by atoms with E-state index in [1.165, 1.54) is 51.4 Å². The second-order valence-electron chi connectivity index (χ2n) is 13.7. The number of carbonyl (C=O) groups is 3. The number of fused-ring (bicyclic) bond motifs is 2. The summed E-state index contributed by atoms with van der Waals surface area (Å²) >= 11 is 0. The van der Waals surface area contributed by atoms with Gasteiger partial charge in [-0.3, -0.25) is 19.7 Å². The molecule has 1 aliphatic heterocycles. The van der Waals surface area contributed by atoms with E-state index in [-0.39, 0.29) is 18.2 Å². The minimum absolute atomic E-state index is 0.101. The highest BCUT2D eigenvalue weighted by atomic mass is 16.2. The van der Waals surface area contributed by atoms with Crippen LogP contribution in [0.25, 0.3) is 17.4 Å². The molecule has 4 aromatic rings. The van der Waals surface area contributed by atoms with Gasteiger partial charge in [0.25, 0.3) is 5.91 Å². The van der Waals surface area contributed by atoms with Crippen LogP contribution in [-0.4, -0.2) is 71.5 Å². The first-order chi connectivity index (χ1) is 23.5. The van der Waals surface area contributed by atoms with Gasteiger partial charge in [-0.2, -0.15) is 19.2 Å². The second-order valence-corrected chi connectivity index (χ2v) is 13.7. The zero-order valence-electron chi connectivity index (χ0n) is 26.9. The lowest BCUT2D eigenvalue weighted by atomic mass is 10.1. The fraction of sp³-hybridized carbons (Fsp3) is 0.500. The average Bonchev–Trinajstić information content (AvgIpc) is 3.68. The molecule has 48 heavy (non-hydrogen) atoms. The third kappa shape index (κ3) is 6.69. The zero-order chi connectivity index (χ0) is 32.6. The van der Waals surface area contributed by atoms with E-state index < -0.39 is 0 Å². The maximum absolute atomic E-state index is 11.9. The zero-order valence-corrected chi connectivity index (χ0v) is 26.9. The third-order valence-electron chi connectivity index (χ3n) is 9.62. The molecule has 2 amide bonds. The number of rotatable bonds is 10. The topological polar surface area (TPSA) is 172 Å².